The number of carbonyl (C=O) groups is 1. The number of carboxylic acid groups (broad SMARTS) is 1. The number of carboxylic acids is 1. The lowest BCUT2D eigenvalue weighted by Crippen LogP contribution is -2.01. The zero-order chi connectivity index (χ0) is 13.8. The van der Waals surface area contributed by atoms with Crippen LogP contribution in [0.2, 0.25) is 0 Å². The van der Waals surface area contributed by atoms with Gasteiger partial charge in [-0.1, -0.05) is 38.1 Å². The van der Waals surface area contributed by atoms with Gasteiger partial charge in [0.15, 0.2) is 0 Å². The van der Waals surface area contributed by atoms with Gasteiger partial charge in [0.2, 0.25) is 0 Å². The molecule has 1 atom stereocenters. The van der Waals surface area contributed by atoms with Crippen molar-refractivity contribution in [1.82, 2.24) is 10.2 Å². The second-order valence-electron chi connectivity index (χ2n) is 4.76. The van der Waals surface area contributed by atoms with Gasteiger partial charge in [0.25, 0.3) is 0 Å². The lowest BCUT2D eigenvalue weighted by Gasteiger charge is -2.09. The molecular formula is C15H18N2O2. The van der Waals surface area contributed by atoms with E-state index in [0.717, 1.165) is 17.5 Å². The number of benzene rings is 1. The number of nitrogens with zero attached hydrogens (tertiary/aromatic N) is 1. The van der Waals surface area contributed by atoms with Crippen LogP contribution < -0.4 is 0 Å². The quantitative estimate of drug-likeness (QED) is 0.865. The maximum atomic E-state index is 10.8. The predicted octanol–water partition coefficient (Wildman–Crippen LogP) is 3.22. The molecule has 0 radical (unpaired) electrons. The van der Waals surface area contributed by atoms with E-state index in [1.165, 1.54) is 5.56 Å². The molecule has 4 nitrogen and oxygen atoms in total. The molecular weight excluding hydrogens is 240 g/mol. The van der Waals surface area contributed by atoms with Crippen LogP contribution >= 0.6 is 0 Å². The van der Waals surface area contributed by atoms with Gasteiger partial charge >= 0.3 is 5.97 Å². The van der Waals surface area contributed by atoms with E-state index in [-0.39, 0.29) is 6.42 Å². The Labute approximate surface area is 112 Å². The highest BCUT2D eigenvalue weighted by Gasteiger charge is 2.11. The molecule has 0 aliphatic carbocycles. The third kappa shape index (κ3) is 3.02. The maximum Gasteiger partial charge on any atom is 0.309 e. The molecule has 4 heteroatoms. The van der Waals surface area contributed by atoms with E-state index in [0.29, 0.717) is 11.6 Å². The van der Waals surface area contributed by atoms with Crippen LogP contribution in [0.3, 0.4) is 0 Å². The van der Waals surface area contributed by atoms with Gasteiger partial charge in [-0.15, -0.1) is 0 Å². The number of hydrogen-bond donors (Lipinski definition) is 2. The van der Waals surface area contributed by atoms with Crippen molar-refractivity contribution in [3.05, 3.63) is 41.7 Å². The first-order valence-electron chi connectivity index (χ1n) is 6.46. The van der Waals surface area contributed by atoms with Crippen molar-refractivity contribution in [3.63, 3.8) is 0 Å². The van der Waals surface area contributed by atoms with Crippen LogP contribution in [-0.2, 0) is 11.2 Å². The van der Waals surface area contributed by atoms with Gasteiger partial charge in [0.1, 0.15) is 0 Å². The van der Waals surface area contributed by atoms with E-state index in [1.54, 1.807) is 6.20 Å². The van der Waals surface area contributed by atoms with E-state index in [1.807, 2.05) is 12.1 Å². The molecule has 0 bridgehead atoms. The largest absolute Gasteiger partial charge is 0.481 e. The molecule has 0 spiro atoms. The van der Waals surface area contributed by atoms with Gasteiger partial charge in [0, 0.05) is 5.56 Å². The first-order valence-corrected chi connectivity index (χ1v) is 6.46. The Morgan fingerprint density at radius 2 is 2.05 bits per heavy atom. The van der Waals surface area contributed by atoms with Crippen molar-refractivity contribution in [2.24, 2.45) is 0 Å². The second-order valence-corrected chi connectivity index (χ2v) is 4.76. The van der Waals surface area contributed by atoms with Gasteiger partial charge in [-0.3, -0.25) is 9.89 Å². The molecule has 1 unspecified atom stereocenters. The van der Waals surface area contributed by atoms with E-state index < -0.39 is 5.97 Å². The number of nitrogens with one attached hydrogen (secondary N) is 1. The molecule has 0 saturated heterocycles. The van der Waals surface area contributed by atoms with Crippen molar-refractivity contribution in [3.8, 4) is 11.1 Å². The van der Waals surface area contributed by atoms with Crippen molar-refractivity contribution < 1.29 is 9.90 Å². The first kappa shape index (κ1) is 13.3. The van der Waals surface area contributed by atoms with E-state index >= 15 is 0 Å². The maximum absolute atomic E-state index is 10.8. The van der Waals surface area contributed by atoms with Gasteiger partial charge in [-0.2, -0.15) is 5.10 Å². The minimum absolute atomic E-state index is 0.0392. The van der Waals surface area contributed by atoms with E-state index in [9.17, 15) is 4.79 Å². The molecule has 0 aliphatic rings. The fraction of sp³-hybridized carbons (Fsp3) is 0.333. The number of aromatic nitrogens is 2. The molecule has 2 rings (SSSR count). The number of hydrogen-bond acceptors (Lipinski definition) is 2. The number of rotatable bonds is 5. The molecule has 100 valence electrons. The Kier molecular flexibility index (Phi) is 4.00. The molecule has 1 heterocycles. The summed E-state index contributed by atoms with van der Waals surface area (Å²) in [7, 11) is 0. The van der Waals surface area contributed by atoms with E-state index in [2.05, 4.69) is 36.2 Å². The van der Waals surface area contributed by atoms with Gasteiger partial charge in [-0.05, 0) is 23.5 Å². The first-order chi connectivity index (χ1) is 9.11. The monoisotopic (exact) mass is 258 g/mol. The van der Waals surface area contributed by atoms with Crippen molar-refractivity contribution >= 4 is 5.97 Å². The lowest BCUT2D eigenvalue weighted by atomic mass is 9.96. The summed E-state index contributed by atoms with van der Waals surface area (Å²) in [6.45, 7) is 4.36. The fourth-order valence-electron chi connectivity index (χ4n) is 2.07. The zero-order valence-corrected chi connectivity index (χ0v) is 11.2. The Bertz CT molecular complexity index is 558. The highest BCUT2D eigenvalue weighted by Crippen LogP contribution is 2.25. The molecule has 2 N–H and O–H groups in total. The molecule has 0 fully saturated rings. The smallest absolute Gasteiger partial charge is 0.309 e. The van der Waals surface area contributed by atoms with Crippen molar-refractivity contribution in [1.29, 1.82) is 0 Å². The summed E-state index contributed by atoms with van der Waals surface area (Å²) in [5.74, 6) is -0.321. The van der Waals surface area contributed by atoms with E-state index in [4.69, 9.17) is 5.11 Å². The molecule has 0 saturated carbocycles. The molecule has 1 aromatic carbocycles. The van der Waals surface area contributed by atoms with Crippen molar-refractivity contribution in [2.45, 2.75) is 32.6 Å². The molecule has 19 heavy (non-hydrogen) atoms. The van der Waals surface area contributed by atoms with Crippen molar-refractivity contribution in [2.75, 3.05) is 0 Å². The SMILES string of the molecule is CCC(C)c1ccc(-c2cn[nH]c2CC(=O)O)cc1. The topological polar surface area (TPSA) is 66.0 Å². The summed E-state index contributed by atoms with van der Waals surface area (Å²) in [6, 6.07) is 8.25. The summed E-state index contributed by atoms with van der Waals surface area (Å²) >= 11 is 0. The molecule has 0 aliphatic heterocycles. The predicted molar refractivity (Wildman–Crippen MR) is 74.1 cm³/mol. The summed E-state index contributed by atoms with van der Waals surface area (Å²) < 4.78 is 0. The second kappa shape index (κ2) is 5.69. The Morgan fingerprint density at radius 1 is 1.37 bits per heavy atom. The average Bonchev–Trinajstić information content (AvgIpc) is 2.85. The van der Waals surface area contributed by atoms with Gasteiger partial charge in [-0.25, -0.2) is 0 Å². The van der Waals surface area contributed by atoms with Crippen LogP contribution in [0.15, 0.2) is 30.5 Å². The van der Waals surface area contributed by atoms with Crippen LogP contribution in [0, 0.1) is 0 Å². The van der Waals surface area contributed by atoms with Crippen LogP contribution in [0.25, 0.3) is 11.1 Å². The Hall–Kier alpha value is -2.10. The standard InChI is InChI=1S/C15H18N2O2/c1-3-10(2)11-4-6-12(7-5-11)13-9-16-17-14(13)8-15(18)19/h4-7,9-10H,3,8H2,1-2H3,(H,16,17)(H,18,19). The lowest BCUT2D eigenvalue weighted by molar-refractivity contribution is -0.136. The molecule has 0 amide bonds. The number of aliphatic carboxylic acids is 1. The van der Waals surface area contributed by atoms with Crippen LogP contribution in [0.4, 0.5) is 0 Å². The third-order valence-corrected chi connectivity index (χ3v) is 3.45. The Balaban J connectivity index is 2.27. The van der Waals surface area contributed by atoms with Gasteiger partial charge in [0.05, 0.1) is 18.3 Å². The number of H-pyrrole nitrogens is 1. The average molecular weight is 258 g/mol. The minimum atomic E-state index is -0.860. The molecule has 1 aromatic heterocycles. The number of aromatic amines is 1. The zero-order valence-electron chi connectivity index (χ0n) is 11.2. The van der Waals surface area contributed by atoms with Crippen LogP contribution in [-0.4, -0.2) is 21.3 Å². The normalized spacial score (nSPS) is 12.3. The molecule has 2 aromatic rings. The van der Waals surface area contributed by atoms with Gasteiger partial charge < -0.3 is 5.11 Å². The summed E-state index contributed by atoms with van der Waals surface area (Å²) in [5, 5.41) is 15.5. The third-order valence-electron chi connectivity index (χ3n) is 3.45. The minimum Gasteiger partial charge on any atom is -0.481 e. The fourth-order valence-corrected chi connectivity index (χ4v) is 2.07. The van der Waals surface area contributed by atoms with Crippen LogP contribution in [0.1, 0.15) is 37.4 Å². The highest BCUT2D eigenvalue weighted by atomic mass is 16.4. The Morgan fingerprint density at radius 3 is 2.63 bits per heavy atom. The summed E-state index contributed by atoms with van der Waals surface area (Å²) in [4.78, 5) is 10.8. The summed E-state index contributed by atoms with van der Waals surface area (Å²) in [5.41, 5.74) is 3.80. The summed E-state index contributed by atoms with van der Waals surface area (Å²) in [6.07, 6.45) is 2.74. The highest BCUT2D eigenvalue weighted by molar-refractivity contribution is 5.75. The van der Waals surface area contributed by atoms with Crippen LogP contribution in [0.5, 0.6) is 0 Å².